The fourth-order valence-electron chi connectivity index (χ4n) is 2.29. The number of piperidine rings is 1. The van der Waals surface area contributed by atoms with Crippen LogP contribution >= 0.6 is 0 Å². The van der Waals surface area contributed by atoms with E-state index in [1.54, 1.807) is 24.3 Å². The zero-order chi connectivity index (χ0) is 13.7. The zero-order valence-electron chi connectivity index (χ0n) is 10.7. The van der Waals surface area contributed by atoms with E-state index in [9.17, 15) is 9.59 Å². The summed E-state index contributed by atoms with van der Waals surface area (Å²) in [5.41, 5.74) is 5.79. The van der Waals surface area contributed by atoms with Crippen LogP contribution in [0.3, 0.4) is 0 Å². The van der Waals surface area contributed by atoms with Gasteiger partial charge in [-0.05, 0) is 38.1 Å². The van der Waals surface area contributed by atoms with Crippen LogP contribution in [-0.4, -0.2) is 31.1 Å². The number of esters is 1. The van der Waals surface area contributed by atoms with Crippen molar-refractivity contribution < 1.29 is 14.3 Å². The van der Waals surface area contributed by atoms with Crippen LogP contribution in [0, 0.1) is 5.92 Å². The molecule has 1 fully saturated rings. The number of ether oxygens (including phenoxy) is 1. The molecule has 1 atom stereocenters. The van der Waals surface area contributed by atoms with E-state index in [4.69, 9.17) is 10.5 Å². The number of carbonyl (C=O) groups excluding carboxylic acids is 2. The molecule has 5 heteroatoms. The Morgan fingerprint density at radius 3 is 2.42 bits per heavy atom. The second-order valence-electron chi connectivity index (χ2n) is 4.68. The molecule has 5 nitrogen and oxygen atoms in total. The lowest BCUT2D eigenvalue weighted by atomic mass is 9.91. The van der Waals surface area contributed by atoms with Crippen molar-refractivity contribution in [3.05, 3.63) is 35.9 Å². The van der Waals surface area contributed by atoms with Gasteiger partial charge >= 0.3 is 5.97 Å². The van der Waals surface area contributed by atoms with Gasteiger partial charge in [-0.1, -0.05) is 18.2 Å². The van der Waals surface area contributed by atoms with Crippen molar-refractivity contribution in [2.45, 2.75) is 18.9 Å². The predicted molar refractivity (Wildman–Crippen MR) is 70.4 cm³/mol. The van der Waals surface area contributed by atoms with Crippen molar-refractivity contribution in [2.75, 3.05) is 13.1 Å². The van der Waals surface area contributed by atoms with Gasteiger partial charge in [-0.2, -0.15) is 0 Å². The number of benzene rings is 1. The van der Waals surface area contributed by atoms with E-state index in [1.807, 2.05) is 6.07 Å². The summed E-state index contributed by atoms with van der Waals surface area (Å²) in [6.07, 6.45) is 0.737. The summed E-state index contributed by atoms with van der Waals surface area (Å²) in [5.74, 6) is -1.06. The van der Waals surface area contributed by atoms with Gasteiger partial charge in [0.15, 0.2) is 6.10 Å². The quantitative estimate of drug-likeness (QED) is 0.782. The molecule has 2 rings (SSSR count). The Balaban J connectivity index is 2.04. The molecule has 0 saturated carbocycles. The van der Waals surface area contributed by atoms with Crippen LogP contribution in [0.15, 0.2) is 30.3 Å². The highest BCUT2D eigenvalue weighted by Gasteiger charge is 2.31. The lowest BCUT2D eigenvalue weighted by Crippen LogP contribution is -2.43. The summed E-state index contributed by atoms with van der Waals surface area (Å²) in [6.45, 7) is 1.63. The van der Waals surface area contributed by atoms with Crippen molar-refractivity contribution in [3.8, 4) is 0 Å². The molecule has 0 aliphatic carbocycles. The first-order valence-corrected chi connectivity index (χ1v) is 6.44. The minimum Gasteiger partial charge on any atom is -0.448 e. The number of nitrogens with two attached hydrogens (primary N) is 1. The Labute approximate surface area is 112 Å². The maximum absolute atomic E-state index is 12.0. The van der Waals surface area contributed by atoms with Gasteiger partial charge in [0.05, 0.1) is 5.56 Å². The summed E-state index contributed by atoms with van der Waals surface area (Å²) in [5, 5.41) is 3.20. The average Bonchev–Trinajstić information content (AvgIpc) is 2.46. The second-order valence-corrected chi connectivity index (χ2v) is 4.68. The molecular formula is C14H18N2O3. The summed E-state index contributed by atoms with van der Waals surface area (Å²) in [4.78, 5) is 23.4. The Kier molecular flexibility index (Phi) is 4.52. The molecule has 1 aromatic carbocycles. The molecule has 1 saturated heterocycles. The maximum Gasteiger partial charge on any atom is 0.338 e. The molecule has 0 radical (unpaired) electrons. The first-order valence-electron chi connectivity index (χ1n) is 6.44. The summed E-state index contributed by atoms with van der Waals surface area (Å²) >= 11 is 0. The van der Waals surface area contributed by atoms with E-state index in [2.05, 4.69) is 5.32 Å². The van der Waals surface area contributed by atoms with Crippen molar-refractivity contribution in [1.82, 2.24) is 5.32 Å². The Morgan fingerprint density at radius 1 is 1.21 bits per heavy atom. The summed E-state index contributed by atoms with van der Waals surface area (Å²) in [7, 11) is 0. The Hall–Kier alpha value is -1.88. The number of rotatable bonds is 4. The molecule has 1 aliphatic heterocycles. The Morgan fingerprint density at radius 2 is 1.84 bits per heavy atom. The number of hydrogen-bond donors (Lipinski definition) is 2. The molecule has 1 heterocycles. The van der Waals surface area contributed by atoms with E-state index in [-0.39, 0.29) is 5.92 Å². The molecule has 1 aromatic rings. The van der Waals surface area contributed by atoms with Gasteiger partial charge in [-0.3, -0.25) is 4.79 Å². The fourth-order valence-corrected chi connectivity index (χ4v) is 2.29. The predicted octanol–water partition coefficient (Wildman–Crippen LogP) is 0.697. The van der Waals surface area contributed by atoms with E-state index < -0.39 is 18.0 Å². The normalized spacial score (nSPS) is 17.7. The molecule has 0 spiro atoms. The van der Waals surface area contributed by atoms with Crippen LogP contribution < -0.4 is 11.1 Å². The SMILES string of the molecule is NC(=O)C(OC(=O)c1ccccc1)C1CCNCC1. The third-order valence-corrected chi connectivity index (χ3v) is 3.34. The van der Waals surface area contributed by atoms with Gasteiger partial charge in [-0.25, -0.2) is 4.79 Å². The summed E-state index contributed by atoms with van der Waals surface area (Å²) < 4.78 is 5.30. The monoisotopic (exact) mass is 262 g/mol. The molecule has 0 bridgehead atoms. The molecule has 3 N–H and O–H groups in total. The summed E-state index contributed by atoms with van der Waals surface area (Å²) in [6, 6.07) is 8.63. The highest BCUT2D eigenvalue weighted by atomic mass is 16.5. The van der Waals surface area contributed by atoms with E-state index in [0.717, 1.165) is 25.9 Å². The van der Waals surface area contributed by atoms with Gasteiger partial charge in [-0.15, -0.1) is 0 Å². The topological polar surface area (TPSA) is 81.4 Å². The molecule has 19 heavy (non-hydrogen) atoms. The highest BCUT2D eigenvalue weighted by molar-refractivity contribution is 5.92. The number of hydrogen-bond acceptors (Lipinski definition) is 4. The van der Waals surface area contributed by atoms with Gasteiger partial charge in [0.1, 0.15) is 0 Å². The van der Waals surface area contributed by atoms with Crippen molar-refractivity contribution >= 4 is 11.9 Å². The second kappa shape index (κ2) is 6.33. The standard InChI is InChI=1S/C14H18N2O3/c15-13(17)12(10-6-8-16-9-7-10)19-14(18)11-4-2-1-3-5-11/h1-5,10,12,16H,6-9H2,(H2,15,17). The highest BCUT2D eigenvalue weighted by Crippen LogP contribution is 2.20. The molecule has 1 aliphatic rings. The molecule has 1 unspecified atom stereocenters. The van der Waals surface area contributed by atoms with Gasteiger partial charge in [0, 0.05) is 5.92 Å². The van der Waals surface area contributed by atoms with Gasteiger partial charge < -0.3 is 15.8 Å². The molecule has 1 amide bonds. The molecular weight excluding hydrogens is 244 g/mol. The number of amides is 1. The minimum absolute atomic E-state index is 0.00594. The molecule has 102 valence electrons. The first kappa shape index (κ1) is 13.5. The van der Waals surface area contributed by atoms with E-state index >= 15 is 0 Å². The van der Waals surface area contributed by atoms with Crippen LogP contribution in [0.1, 0.15) is 23.2 Å². The lowest BCUT2D eigenvalue weighted by Gasteiger charge is -2.28. The van der Waals surface area contributed by atoms with Crippen LogP contribution in [0.25, 0.3) is 0 Å². The van der Waals surface area contributed by atoms with Crippen molar-refractivity contribution in [2.24, 2.45) is 11.7 Å². The smallest absolute Gasteiger partial charge is 0.338 e. The third-order valence-electron chi connectivity index (χ3n) is 3.34. The zero-order valence-corrected chi connectivity index (χ0v) is 10.7. The average molecular weight is 262 g/mol. The van der Waals surface area contributed by atoms with E-state index in [0.29, 0.717) is 5.56 Å². The molecule has 0 aromatic heterocycles. The fraction of sp³-hybridized carbons (Fsp3) is 0.429. The third kappa shape index (κ3) is 3.54. The van der Waals surface area contributed by atoms with Crippen LogP contribution in [0.4, 0.5) is 0 Å². The minimum atomic E-state index is -0.838. The first-order chi connectivity index (χ1) is 9.18. The Bertz CT molecular complexity index is 441. The van der Waals surface area contributed by atoms with Crippen molar-refractivity contribution in [1.29, 1.82) is 0 Å². The van der Waals surface area contributed by atoms with Gasteiger partial charge in [0.25, 0.3) is 5.91 Å². The maximum atomic E-state index is 12.0. The van der Waals surface area contributed by atoms with Crippen LogP contribution in [0.5, 0.6) is 0 Å². The largest absolute Gasteiger partial charge is 0.448 e. The number of carbonyl (C=O) groups is 2. The van der Waals surface area contributed by atoms with Gasteiger partial charge in [0.2, 0.25) is 0 Å². The van der Waals surface area contributed by atoms with E-state index in [1.165, 1.54) is 0 Å². The lowest BCUT2D eigenvalue weighted by molar-refractivity contribution is -0.130. The number of primary amides is 1. The number of nitrogens with one attached hydrogen (secondary N) is 1. The van der Waals surface area contributed by atoms with Crippen LogP contribution in [0.2, 0.25) is 0 Å². The van der Waals surface area contributed by atoms with Crippen molar-refractivity contribution in [3.63, 3.8) is 0 Å². The van der Waals surface area contributed by atoms with Crippen LogP contribution in [-0.2, 0) is 9.53 Å².